The number of carbonyl (C=O) groups excluding carboxylic acids is 1. The Morgan fingerprint density at radius 2 is 1.84 bits per heavy atom. The Bertz CT molecular complexity index is 349. The number of hydrogen-bond acceptors (Lipinski definition) is 2. The summed E-state index contributed by atoms with van der Waals surface area (Å²) >= 11 is 0. The van der Waals surface area contributed by atoms with Crippen LogP contribution >= 0.6 is 0 Å². The number of fused-ring (bicyclic) bond motifs is 1. The molecular weight excluding hydrogens is 236 g/mol. The van der Waals surface area contributed by atoms with Crippen molar-refractivity contribution in [3.8, 4) is 0 Å². The quantitative estimate of drug-likeness (QED) is 0.833. The number of amides is 1. The molecule has 2 saturated carbocycles. The van der Waals surface area contributed by atoms with Crippen molar-refractivity contribution in [3.63, 3.8) is 0 Å². The van der Waals surface area contributed by atoms with E-state index >= 15 is 0 Å². The van der Waals surface area contributed by atoms with Crippen molar-refractivity contribution < 1.29 is 4.79 Å². The van der Waals surface area contributed by atoms with Gasteiger partial charge in [-0.25, -0.2) is 0 Å². The van der Waals surface area contributed by atoms with Gasteiger partial charge < -0.3 is 10.6 Å². The average molecular weight is 264 g/mol. The Kier molecular flexibility index (Phi) is 3.59. The SMILES string of the molecule is CCC1(N)CN(C(=O)C2CCC3CCCCC3C2)C1. The van der Waals surface area contributed by atoms with Crippen molar-refractivity contribution in [2.24, 2.45) is 23.5 Å². The molecule has 1 aliphatic heterocycles. The first-order valence-corrected chi connectivity index (χ1v) is 8.19. The highest BCUT2D eigenvalue weighted by atomic mass is 16.2. The minimum absolute atomic E-state index is 0.0856. The van der Waals surface area contributed by atoms with E-state index in [1.54, 1.807) is 0 Å². The molecule has 0 aromatic rings. The normalized spacial score (nSPS) is 37.4. The van der Waals surface area contributed by atoms with Gasteiger partial charge in [0.25, 0.3) is 0 Å². The number of carbonyl (C=O) groups is 1. The lowest BCUT2D eigenvalue weighted by molar-refractivity contribution is -0.145. The predicted molar refractivity (Wildman–Crippen MR) is 76.6 cm³/mol. The lowest BCUT2D eigenvalue weighted by atomic mass is 9.67. The summed E-state index contributed by atoms with van der Waals surface area (Å²) in [6, 6.07) is 0. The van der Waals surface area contributed by atoms with Gasteiger partial charge in [-0.2, -0.15) is 0 Å². The fraction of sp³-hybridized carbons (Fsp3) is 0.938. The average Bonchev–Trinajstić information content (AvgIpc) is 2.42. The van der Waals surface area contributed by atoms with Crippen LogP contribution < -0.4 is 5.73 Å². The van der Waals surface area contributed by atoms with Crippen LogP contribution in [0.4, 0.5) is 0 Å². The van der Waals surface area contributed by atoms with Crippen molar-refractivity contribution in [1.29, 1.82) is 0 Å². The van der Waals surface area contributed by atoms with Gasteiger partial charge in [-0.15, -0.1) is 0 Å². The van der Waals surface area contributed by atoms with Crippen LogP contribution in [0.3, 0.4) is 0 Å². The molecule has 2 N–H and O–H groups in total. The maximum absolute atomic E-state index is 12.5. The Morgan fingerprint density at radius 1 is 1.16 bits per heavy atom. The van der Waals surface area contributed by atoms with Crippen molar-refractivity contribution in [3.05, 3.63) is 0 Å². The third-order valence-electron chi connectivity index (χ3n) is 5.92. The van der Waals surface area contributed by atoms with Gasteiger partial charge in [0, 0.05) is 19.0 Å². The molecule has 0 spiro atoms. The summed E-state index contributed by atoms with van der Waals surface area (Å²) in [6.07, 6.45) is 10.1. The summed E-state index contributed by atoms with van der Waals surface area (Å²) in [5.74, 6) is 2.48. The molecule has 19 heavy (non-hydrogen) atoms. The Balaban J connectivity index is 1.54. The fourth-order valence-electron chi connectivity index (χ4n) is 4.45. The summed E-state index contributed by atoms with van der Waals surface area (Å²) in [4.78, 5) is 14.5. The van der Waals surface area contributed by atoms with E-state index < -0.39 is 0 Å². The molecule has 0 aromatic carbocycles. The number of hydrogen-bond donors (Lipinski definition) is 1. The molecule has 2 aliphatic carbocycles. The molecule has 0 bridgehead atoms. The van der Waals surface area contributed by atoms with Gasteiger partial charge in [0.15, 0.2) is 0 Å². The van der Waals surface area contributed by atoms with Crippen LogP contribution in [0.5, 0.6) is 0 Å². The topological polar surface area (TPSA) is 46.3 Å². The minimum atomic E-state index is -0.0856. The first-order chi connectivity index (χ1) is 9.11. The summed E-state index contributed by atoms with van der Waals surface area (Å²) in [5.41, 5.74) is 6.09. The molecule has 1 amide bonds. The maximum atomic E-state index is 12.5. The molecule has 3 nitrogen and oxygen atoms in total. The molecule has 3 fully saturated rings. The first kappa shape index (κ1) is 13.4. The zero-order valence-electron chi connectivity index (χ0n) is 12.2. The summed E-state index contributed by atoms with van der Waals surface area (Å²) in [5, 5.41) is 0. The van der Waals surface area contributed by atoms with Crippen molar-refractivity contribution >= 4 is 5.91 Å². The lowest BCUT2D eigenvalue weighted by Gasteiger charge is -2.49. The van der Waals surface area contributed by atoms with E-state index in [1.165, 1.54) is 32.1 Å². The molecule has 3 rings (SSSR count). The van der Waals surface area contributed by atoms with Crippen LogP contribution in [0.15, 0.2) is 0 Å². The van der Waals surface area contributed by atoms with Crippen LogP contribution in [0.2, 0.25) is 0 Å². The first-order valence-electron chi connectivity index (χ1n) is 8.19. The largest absolute Gasteiger partial charge is 0.339 e. The van der Waals surface area contributed by atoms with Gasteiger partial charge in [0.1, 0.15) is 0 Å². The molecule has 108 valence electrons. The maximum Gasteiger partial charge on any atom is 0.225 e. The number of nitrogens with zero attached hydrogens (tertiary/aromatic N) is 1. The van der Waals surface area contributed by atoms with E-state index in [0.717, 1.165) is 44.2 Å². The standard InChI is InChI=1S/C16H28N2O/c1-2-16(17)10-18(11-16)15(19)14-8-7-12-5-3-4-6-13(12)9-14/h12-14H,2-11,17H2,1H3. The zero-order valence-corrected chi connectivity index (χ0v) is 12.2. The zero-order chi connectivity index (χ0) is 13.5. The number of likely N-dealkylation sites (tertiary alicyclic amines) is 1. The van der Waals surface area contributed by atoms with E-state index in [2.05, 4.69) is 6.92 Å². The molecule has 3 aliphatic rings. The molecule has 3 unspecified atom stereocenters. The molecule has 0 radical (unpaired) electrons. The molecule has 3 atom stereocenters. The third-order valence-corrected chi connectivity index (χ3v) is 5.92. The van der Waals surface area contributed by atoms with Crippen LogP contribution in [0.1, 0.15) is 58.3 Å². The van der Waals surface area contributed by atoms with Crippen molar-refractivity contribution in [1.82, 2.24) is 4.90 Å². The van der Waals surface area contributed by atoms with Crippen LogP contribution in [0, 0.1) is 17.8 Å². The Labute approximate surface area is 116 Å². The van der Waals surface area contributed by atoms with Crippen LogP contribution in [-0.2, 0) is 4.79 Å². The second kappa shape index (κ2) is 5.08. The lowest BCUT2D eigenvalue weighted by Crippen LogP contribution is -2.69. The van der Waals surface area contributed by atoms with Crippen molar-refractivity contribution in [2.75, 3.05) is 13.1 Å². The van der Waals surface area contributed by atoms with Crippen LogP contribution in [-0.4, -0.2) is 29.4 Å². The fourth-order valence-corrected chi connectivity index (χ4v) is 4.45. The van der Waals surface area contributed by atoms with Crippen molar-refractivity contribution in [2.45, 2.75) is 63.8 Å². The highest BCUT2D eigenvalue weighted by Gasteiger charge is 2.44. The van der Waals surface area contributed by atoms with E-state index in [0.29, 0.717) is 11.8 Å². The van der Waals surface area contributed by atoms with E-state index in [-0.39, 0.29) is 5.54 Å². The summed E-state index contributed by atoms with van der Waals surface area (Å²) < 4.78 is 0. The van der Waals surface area contributed by atoms with Gasteiger partial charge >= 0.3 is 0 Å². The van der Waals surface area contributed by atoms with Gasteiger partial charge in [0.2, 0.25) is 5.91 Å². The van der Waals surface area contributed by atoms with E-state index in [4.69, 9.17) is 5.73 Å². The third kappa shape index (κ3) is 2.54. The highest BCUT2D eigenvalue weighted by molar-refractivity contribution is 5.80. The molecule has 1 heterocycles. The van der Waals surface area contributed by atoms with Gasteiger partial charge in [0.05, 0.1) is 5.54 Å². The molecule has 1 saturated heterocycles. The molecular formula is C16H28N2O. The Hall–Kier alpha value is -0.570. The summed E-state index contributed by atoms with van der Waals surface area (Å²) in [6.45, 7) is 3.69. The second-order valence-corrected chi connectivity index (χ2v) is 7.22. The summed E-state index contributed by atoms with van der Waals surface area (Å²) in [7, 11) is 0. The Morgan fingerprint density at radius 3 is 2.53 bits per heavy atom. The number of rotatable bonds is 2. The van der Waals surface area contributed by atoms with Gasteiger partial charge in [-0.3, -0.25) is 4.79 Å². The van der Waals surface area contributed by atoms with Gasteiger partial charge in [-0.05, 0) is 37.5 Å². The van der Waals surface area contributed by atoms with E-state index in [1.807, 2.05) is 4.90 Å². The smallest absolute Gasteiger partial charge is 0.225 e. The second-order valence-electron chi connectivity index (χ2n) is 7.22. The number of nitrogens with two attached hydrogens (primary N) is 1. The van der Waals surface area contributed by atoms with E-state index in [9.17, 15) is 4.79 Å². The predicted octanol–water partition coefficient (Wildman–Crippen LogP) is 2.54. The monoisotopic (exact) mass is 264 g/mol. The highest BCUT2D eigenvalue weighted by Crippen LogP contribution is 2.43. The van der Waals surface area contributed by atoms with Crippen LogP contribution in [0.25, 0.3) is 0 Å². The van der Waals surface area contributed by atoms with Gasteiger partial charge in [-0.1, -0.05) is 32.6 Å². The molecule has 3 heteroatoms. The molecule has 0 aromatic heterocycles. The minimum Gasteiger partial charge on any atom is -0.339 e.